The van der Waals surface area contributed by atoms with Crippen molar-refractivity contribution in [2.75, 3.05) is 0 Å². The van der Waals surface area contributed by atoms with Gasteiger partial charge in [0.15, 0.2) is 0 Å². The largest absolute Gasteiger partial charge is 0.391 e. The number of nitrogens with two attached hydrogens (primary N) is 1. The van der Waals surface area contributed by atoms with Crippen LogP contribution in [0.15, 0.2) is 59.5 Å². The number of rotatable bonds is 4. The van der Waals surface area contributed by atoms with Crippen LogP contribution in [0.5, 0.6) is 0 Å². The zero-order valence-electron chi connectivity index (χ0n) is 12.5. The molecule has 1 aromatic heterocycles. The summed E-state index contributed by atoms with van der Waals surface area (Å²) in [6, 6.07) is 13.6. The summed E-state index contributed by atoms with van der Waals surface area (Å²) in [5, 5.41) is 20.7. The lowest BCUT2D eigenvalue weighted by molar-refractivity contribution is -0.389. The molecule has 2 aromatic carbocycles. The van der Waals surface area contributed by atoms with Gasteiger partial charge in [-0.1, -0.05) is 23.7 Å². The highest BCUT2D eigenvalue weighted by molar-refractivity contribution is 7.89. The van der Waals surface area contributed by atoms with Crippen molar-refractivity contribution in [3.05, 3.63) is 69.7 Å². The number of halogens is 1. The maximum atomic E-state index is 11.3. The molecule has 0 spiro atoms. The fourth-order valence-corrected chi connectivity index (χ4v) is 2.90. The molecular weight excluding hydrogens is 368 g/mol. The van der Waals surface area contributed by atoms with E-state index >= 15 is 0 Å². The number of aromatic nitrogens is 2. The summed E-state index contributed by atoms with van der Waals surface area (Å²) in [6.07, 6.45) is 0. The van der Waals surface area contributed by atoms with Crippen molar-refractivity contribution in [3.63, 3.8) is 0 Å². The Balaban J connectivity index is 2.14. The van der Waals surface area contributed by atoms with Gasteiger partial charge in [0.25, 0.3) is 0 Å². The van der Waals surface area contributed by atoms with Gasteiger partial charge in [-0.2, -0.15) is 0 Å². The Morgan fingerprint density at radius 2 is 1.68 bits per heavy atom. The van der Waals surface area contributed by atoms with Crippen LogP contribution in [-0.2, 0) is 10.0 Å². The lowest BCUT2D eigenvalue weighted by atomic mass is 10.1. The van der Waals surface area contributed by atoms with Crippen molar-refractivity contribution in [1.29, 1.82) is 0 Å². The van der Waals surface area contributed by atoms with Crippen molar-refractivity contribution in [1.82, 2.24) is 9.78 Å². The predicted octanol–water partition coefficient (Wildman–Crippen LogP) is 2.75. The molecule has 128 valence electrons. The predicted molar refractivity (Wildman–Crippen MR) is 92.0 cm³/mol. The molecule has 8 nitrogen and oxygen atoms in total. The number of nitrogens with zero attached hydrogens (tertiary/aromatic N) is 3. The van der Waals surface area contributed by atoms with Crippen molar-refractivity contribution < 1.29 is 13.3 Å². The van der Waals surface area contributed by atoms with Crippen LogP contribution in [0.1, 0.15) is 0 Å². The van der Waals surface area contributed by atoms with Gasteiger partial charge in [-0.05, 0) is 41.3 Å². The Kier molecular flexibility index (Phi) is 4.29. The van der Waals surface area contributed by atoms with Crippen LogP contribution in [0.2, 0.25) is 5.02 Å². The van der Waals surface area contributed by atoms with E-state index in [2.05, 4.69) is 5.10 Å². The average molecular weight is 379 g/mol. The quantitative estimate of drug-likeness (QED) is 0.552. The molecule has 0 aliphatic rings. The monoisotopic (exact) mass is 378 g/mol. The smallest absolute Gasteiger partial charge is 0.358 e. The maximum Gasteiger partial charge on any atom is 0.391 e. The van der Waals surface area contributed by atoms with E-state index in [1.807, 2.05) is 0 Å². The van der Waals surface area contributed by atoms with Gasteiger partial charge >= 0.3 is 5.82 Å². The summed E-state index contributed by atoms with van der Waals surface area (Å²) in [5.41, 5.74) is 1.58. The van der Waals surface area contributed by atoms with Gasteiger partial charge in [0.05, 0.1) is 21.7 Å². The van der Waals surface area contributed by atoms with Crippen molar-refractivity contribution in [2.45, 2.75) is 4.90 Å². The van der Waals surface area contributed by atoms with Gasteiger partial charge in [-0.3, -0.25) is 0 Å². The summed E-state index contributed by atoms with van der Waals surface area (Å²) < 4.78 is 24.1. The molecule has 0 bridgehead atoms. The Labute approximate surface area is 147 Å². The molecule has 0 fully saturated rings. The SMILES string of the molecule is NS(=O)(=O)c1ccc(-n2nc([N+](=O)[O-])cc2-c2ccc(Cl)cc2)cc1. The van der Waals surface area contributed by atoms with Crippen LogP contribution in [0.25, 0.3) is 16.9 Å². The van der Waals surface area contributed by atoms with Crippen LogP contribution < -0.4 is 5.14 Å². The molecule has 25 heavy (non-hydrogen) atoms. The van der Waals surface area contributed by atoms with Crippen molar-refractivity contribution in [3.8, 4) is 16.9 Å². The highest BCUT2D eigenvalue weighted by Gasteiger charge is 2.21. The van der Waals surface area contributed by atoms with E-state index in [0.717, 1.165) is 0 Å². The fraction of sp³-hybridized carbons (Fsp3) is 0. The van der Waals surface area contributed by atoms with Crippen molar-refractivity contribution in [2.24, 2.45) is 5.14 Å². The Bertz CT molecular complexity index is 1040. The minimum Gasteiger partial charge on any atom is -0.358 e. The Morgan fingerprint density at radius 3 is 2.20 bits per heavy atom. The molecule has 0 saturated heterocycles. The summed E-state index contributed by atoms with van der Waals surface area (Å²) in [7, 11) is -3.83. The molecule has 0 saturated carbocycles. The van der Waals surface area contributed by atoms with E-state index in [0.29, 0.717) is 22.0 Å². The van der Waals surface area contributed by atoms with Gasteiger partial charge in [-0.25, -0.2) is 13.6 Å². The third-order valence-electron chi connectivity index (χ3n) is 3.43. The van der Waals surface area contributed by atoms with Gasteiger partial charge in [0.1, 0.15) is 5.69 Å². The number of nitro groups is 1. The molecule has 0 aliphatic heterocycles. The highest BCUT2D eigenvalue weighted by Crippen LogP contribution is 2.28. The second-order valence-electron chi connectivity index (χ2n) is 5.10. The van der Waals surface area contributed by atoms with E-state index in [1.165, 1.54) is 35.0 Å². The minimum absolute atomic E-state index is 0.0639. The Morgan fingerprint density at radius 1 is 1.08 bits per heavy atom. The number of hydrogen-bond donors (Lipinski definition) is 1. The summed E-state index contributed by atoms with van der Waals surface area (Å²) >= 11 is 5.87. The summed E-state index contributed by atoms with van der Waals surface area (Å²) in [4.78, 5) is 10.4. The van der Waals surface area contributed by atoms with E-state index in [4.69, 9.17) is 16.7 Å². The van der Waals surface area contributed by atoms with Gasteiger partial charge < -0.3 is 10.1 Å². The van der Waals surface area contributed by atoms with Crippen LogP contribution >= 0.6 is 11.6 Å². The maximum absolute atomic E-state index is 11.3. The topological polar surface area (TPSA) is 121 Å². The zero-order chi connectivity index (χ0) is 18.2. The molecule has 0 radical (unpaired) electrons. The Hall–Kier alpha value is -2.75. The molecule has 3 rings (SSSR count). The number of hydrogen-bond acceptors (Lipinski definition) is 5. The molecule has 1 heterocycles. The van der Waals surface area contributed by atoms with Crippen LogP contribution in [0, 0.1) is 10.1 Å². The number of primary sulfonamides is 1. The van der Waals surface area contributed by atoms with E-state index in [9.17, 15) is 18.5 Å². The zero-order valence-corrected chi connectivity index (χ0v) is 14.1. The number of benzene rings is 2. The lowest BCUT2D eigenvalue weighted by Crippen LogP contribution is -2.12. The molecule has 0 amide bonds. The molecule has 0 atom stereocenters. The summed E-state index contributed by atoms with van der Waals surface area (Å²) in [6.45, 7) is 0. The first-order valence-electron chi connectivity index (χ1n) is 6.89. The molecule has 2 N–H and O–H groups in total. The second-order valence-corrected chi connectivity index (χ2v) is 7.10. The first kappa shape index (κ1) is 17.1. The minimum atomic E-state index is -3.83. The van der Waals surface area contributed by atoms with E-state index in [1.54, 1.807) is 24.3 Å². The first-order valence-corrected chi connectivity index (χ1v) is 8.82. The third kappa shape index (κ3) is 3.53. The normalized spacial score (nSPS) is 11.4. The molecule has 0 unspecified atom stereocenters. The molecular formula is C15H11ClN4O4S. The van der Waals surface area contributed by atoms with Crippen LogP contribution in [0.3, 0.4) is 0 Å². The van der Waals surface area contributed by atoms with Gasteiger partial charge in [0.2, 0.25) is 10.0 Å². The second kappa shape index (κ2) is 6.28. The van der Waals surface area contributed by atoms with Crippen LogP contribution in [-0.4, -0.2) is 23.1 Å². The lowest BCUT2D eigenvalue weighted by Gasteiger charge is -2.05. The van der Waals surface area contributed by atoms with Gasteiger partial charge in [-0.15, -0.1) is 4.68 Å². The molecule has 10 heteroatoms. The molecule has 3 aromatic rings. The summed E-state index contributed by atoms with van der Waals surface area (Å²) in [5.74, 6) is -0.333. The molecule has 0 aliphatic carbocycles. The van der Waals surface area contributed by atoms with Gasteiger partial charge in [0, 0.05) is 10.6 Å². The average Bonchev–Trinajstić information content (AvgIpc) is 3.00. The van der Waals surface area contributed by atoms with Crippen LogP contribution in [0.4, 0.5) is 5.82 Å². The number of sulfonamides is 1. The van der Waals surface area contributed by atoms with E-state index < -0.39 is 14.9 Å². The fourth-order valence-electron chi connectivity index (χ4n) is 2.26. The third-order valence-corrected chi connectivity index (χ3v) is 4.61. The van der Waals surface area contributed by atoms with E-state index in [-0.39, 0.29) is 10.7 Å². The highest BCUT2D eigenvalue weighted by atomic mass is 35.5. The first-order chi connectivity index (χ1) is 11.8. The standard InChI is InChI=1S/C15H11ClN4O4S/c16-11-3-1-10(2-4-11)14-9-15(20(21)22)18-19(14)12-5-7-13(8-6-12)25(17,23)24/h1-9H,(H2,17,23,24). The van der Waals surface area contributed by atoms with Crippen molar-refractivity contribution >= 4 is 27.4 Å².